The Hall–Kier alpha value is -1.04. The summed E-state index contributed by atoms with van der Waals surface area (Å²) in [4.78, 5) is 10.2. The number of carbonyl (C=O) groups is 1. The highest BCUT2D eigenvalue weighted by Crippen LogP contribution is 2.20. The second-order valence-electron chi connectivity index (χ2n) is 2.37. The predicted molar refractivity (Wildman–Crippen MR) is 57.5 cm³/mol. The maximum Gasteiger partial charge on any atom is 0.328 e. The van der Waals surface area contributed by atoms with Gasteiger partial charge in [0.25, 0.3) is 0 Å². The highest BCUT2D eigenvalue weighted by molar-refractivity contribution is 14.1. The summed E-state index contributed by atoms with van der Waals surface area (Å²) in [6.45, 7) is 0. The van der Waals surface area contributed by atoms with E-state index in [1.54, 1.807) is 12.1 Å². The Balaban J connectivity index is 3.00. The molecule has 0 aromatic heterocycles. The molecule has 1 aromatic carbocycles. The third kappa shape index (κ3) is 3.06. The van der Waals surface area contributed by atoms with E-state index in [-0.39, 0.29) is 5.75 Å². The zero-order valence-corrected chi connectivity index (χ0v) is 8.72. The molecule has 0 atom stereocenters. The van der Waals surface area contributed by atoms with Crippen LogP contribution >= 0.6 is 22.6 Å². The number of aliphatic carboxylic acids is 1. The fourth-order valence-electron chi connectivity index (χ4n) is 0.820. The van der Waals surface area contributed by atoms with Crippen LogP contribution in [0.4, 0.5) is 0 Å². The fourth-order valence-corrected chi connectivity index (χ4v) is 1.34. The topological polar surface area (TPSA) is 57.5 Å². The van der Waals surface area contributed by atoms with Crippen LogP contribution in [0, 0.1) is 3.57 Å². The molecule has 1 rings (SSSR count). The van der Waals surface area contributed by atoms with Gasteiger partial charge < -0.3 is 10.2 Å². The van der Waals surface area contributed by atoms with E-state index in [4.69, 9.17) is 5.11 Å². The number of halogens is 1. The lowest BCUT2D eigenvalue weighted by atomic mass is 10.2. The van der Waals surface area contributed by atoms with E-state index >= 15 is 0 Å². The third-order valence-corrected chi connectivity index (χ3v) is 2.07. The predicted octanol–water partition coefficient (Wildman–Crippen LogP) is 2.09. The van der Waals surface area contributed by atoms with Gasteiger partial charge in [0, 0.05) is 15.2 Å². The summed E-state index contributed by atoms with van der Waals surface area (Å²) >= 11 is 2.09. The molecule has 0 fully saturated rings. The number of rotatable bonds is 2. The Labute approximate surface area is 88.8 Å². The average molecular weight is 290 g/mol. The third-order valence-electron chi connectivity index (χ3n) is 1.40. The average Bonchev–Trinajstić information content (AvgIpc) is 2.06. The molecule has 0 saturated heterocycles. The van der Waals surface area contributed by atoms with Crippen LogP contribution in [-0.2, 0) is 4.79 Å². The largest absolute Gasteiger partial charge is 0.507 e. The first-order valence-corrected chi connectivity index (χ1v) is 4.57. The number of aromatic hydroxyl groups is 1. The van der Waals surface area contributed by atoms with E-state index in [0.29, 0.717) is 5.56 Å². The highest BCUT2D eigenvalue weighted by atomic mass is 127. The maximum atomic E-state index is 10.2. The molecule has 0 amide bonds. The summed E-state index contributed by atoms with van der Waals surface area (Å²) in [5.41, 5.74) is 0.509. The number of carboxylic acids is 1. The summed E-state index contributed by atoms with van der Waals surface area (Å²) < 4.78 is 0.945. The SMILES string of the molecule is O=C(O)/C=C/c1cc(I)ccc1O. The molecule has 3 nitrogen and oxygen atoms in total. The van der Waals surface area contributed by atoms with E-state index in [9.17, 15) is 9.90 Å². The number of hydrogen-bond donors (Lipinski definition) is 2. The molecule has 0 heterocycles. The molecule has 0 radical (unpaired) electrons. The molecule has 2 N–H and O–H groups in total. The molecule has 0 bridgehead atoms. The van der Waals surface area contributed by atoms with E-state index in [2.05, 4.69) is 22.6 Å². The first-order chi connectivity index (χ1) is 6.09. The monoisotopic (exact) mass is 290 g/mol. The molecule has 0 unspecified atom stereocenters. The molecule has 0 aliphatic carbocycles. The molecule has 13 heavy (non-hydrogen) atoms. The first kappa shape index (κ1) is 10.0. The van der Waals surface area contributed by atoms with E-state index in [0.717, 1.165) is 9.65 Å². The van der Waals surface area contributed by atoms with Crippen molar-refractivity contribution in [1.29, 1.82) is 0 Å². The van der Waals surface area contributed by atoms with Gasteiger partial charge in [-0.05, 0) is 46.9 Å². The van der Waals surface area contributed by atoms with Gasteiger partial charge in [-0.1, -0.05) is 0 Å². The smallest absolute Gasteiger partial charge is 0.328 e. The van der Waals surface area contributed by atoms with Gasteiger partial charge in [-0.3, -0.25) is 0 Å². The number of carboxylic acid groups (broad SMARTS) is 1. The van der Waals surface area contributed by atoms with Gasteiger partial charge in [-0.25, -0.2) is 4.79 Å². The second kappa shape index (κ2) is 4.27. The van der Waals surface area contributed by atoms with Crippen LogP contribution in [-0.4, -0.2) is 16.2 Å². The molecule has 0 aliphatic heterocycles. The summed E-state index contributed by atoms with van der Waals surface area (Å²) in [5, 5.41) is 17.7. The molecule has 0 spiro atoms. The Kier molecular flexibility index (Phi) is 3.30. The number of phenolic OH excluding ortho intramolecular Hbond substituents is 1. The molecule has 0 aliphatic rings. The zero-order valence-electron chi connectivity index (χ0n) is 6.57. The van der Waals surface area contributed by atoms with Crippen molar-refractivity contribution in [3.05, 3.63) is 33.4 Å². The van der Waals surface area contributed by atoms with Gasteiger partial charge in [-0.2, -0.15) is 0 Å². The lowest BCUT2D eigenvalue weighted by Gasteiger charge is -1.98. The van der Waals surface area contributed by atoms with Gasteiger partial charge in [0.1, 0.15) is 5.75 Å². The Bertz CT molecular complexity index is 358. The van der Waals surface area contributed by atoms with E-state index in [1.165, 1.54) is 12.1 Å². The molecule has 1 aromatic rings. The summed E-state index contributed by atoms with van der Waals surface area (Å²) in [6, 6.07) is 4.98. The van der Waals surface area contributed by atoms with Crippen LogP contribution < -0.4 is 0 Å². The molecule has 68 valence electrons. The van der Waals surface area contributed by atoms with Crippen LogP contribution in [0.3, 0.4) is 0 Å². The van der Waals surface area contributed by atoms with Gasteiger partial charge in [0.2, 0.25) is 0 Å². The summed E-state index contributed by atoms with van der Waals surface area (Å²) in [5.74, 6) is -0.948. The van der Waals surface area contributed by atoms with Crippen LogP contribution in [0.1, 0.15) is 5.56 Å². The van der Waals surface area contributed by atoms with Gasteiger partial charge >= 0.3 is 5.97 Å². The summed E-state index contributed by atoms with van der Waals surface area (Å²) in [7, 11) is 0. The lowest BCUT2D eigenvalue weighted by molar-refractivity contribution is -0.131. The minimum Gasteiger partial charge on any atom is -0.507 e. The Morgan fingerprint density at radius 3 is 2.77 bits per heavy atom. The van der Waals surface area contributed by atoms with Crippen molar-refractivity contribution in [3.8, 4) is 5.75 Å². The van der Waals surface area contributed by atoms with Crippen LogP contribution in [0.15, 0.2) is 24.3 Å². The minimum atomic E-state index is -1.03. The molecular weight excluding hydrogens is 283 g/mol. The number of benzene rings is 1. The van der Waals surface area contributed by atoms with Crippen molar-refractivity contribution < 1.29 is 15.0 Å². The first-order valence-electron chi connectivity index (χ1n) is 3.49. The van der Waals surface area contributed by atoms with Crippen LogP contribution in [0.5, 0.6) is 5.75 Å². The quantitative estimate of drug-likeness (QED) is 0.647. The number of phenols is 1. The van der Waals surface area contributed by atoms with Crippen molar-refractivity contribution in [3.63, 3.8) is 0 Å². The molecule has 4 heteroatoms. The normalized spacial score (nSPS) is 10.5. The Morgan fingerprint density at radius 2 is 2.15 bits per heavy atom. The minimum absolute atomic E-state index is 0.0814. The molecule has 0 saturated carbocycles. The number of hydrogen-bond acceptors (Lipinski definition) is 2. The van der Waals surface area contributed by atoms with E-state index in [1.807, 2.05) is 0 Å². The van der Waals surface area contributed by atoms with Crippen LogP contribution in [0.2, 0.25) is 0 Å². The van der Waals surface area contributed by atoms with Crippen molar-refractivity contribution >= 4 is 34.6 Å². The summed E-state index contributed by atoms with van der Waals surface area (Å²) in [6.07, 6.45) is 2.35. The Morgan fingerprint density at radius 1 is 1.46 bits per heavy atom. The second-order valence-corrected chi connectivity index (χ2v) is 3.62. The van der Waals surface area contributed by atoms with Crippen molar-refractivity contribution in [2.45, 2.75) is 0 Å². The van der Waals surface area contributed by atoms with E-state index < -0.39 is 5.97 Å². The van der Waals surface area contributed by atoms with Gasteiger partial charge in [0.15, 0.2) is 0 Å². The zero-order chi connectivity index (χ0) is 9.84. The fraction of sp³-hybridized carbons (Fsp3) is 0. The standard InChI is InChI=1S/C9H7IO3/c10-7-2-3-8(11)6(5-7)1-4-9(12)13/h1-5,11H,(H,12,13)/b4-1+. The van der Waals surface area contributed by atoms with Crippen molar-refractivity contribution in [1.82, 2.24) is 0 Å². The van der Waals surface area contributed by atoms with Gasteiger partial charge in [0.05, 0.1) is 0 Å². The lowest BCUT2D eigenvalue weighted by Crippen LogP contribution is -1.86. The van der Waals surface area contributed by atoms with Crippen LogP contribution in [0.25, 0.3) is 6.08 Å². The van der Waals surface area contributed by atoms with Crippen molar-refractivity contribution in [2.75, 3.05) is 0 Å². The van der Waals surface area contributed by atoms with Gasteiger partial charge in [-0.15, -0.1) is 0 Å². The molecular formula is C9H7IO3. The maximum absolute atomic E-state index is 10.2. The highest BCUT2D eigenvalue weighted by Gasteiger charge is 1.98. The van der Waals surface area contributed by atoms with Crippen molar-refractivity contribution in [2.24, 2.45) is 0 Å².